The molecule has 0 saturated carbocycles. The van der Waals surface area contributed by atoms with Gasteiger partial charge in [0.15, 0.2) is 16.1 Å². The fourth-order valence-corrected chi connectivity index (χ4v) is 3.66. The van der Waals surface area contributed by atoms with Gasteiger partial charge in [-0.05, 0) is 40.2 Å². The lowest BCUT2D eigenvalue weighted by Gasteiger charge is -2.12. The molecule has 112 valence electrons. The van der Waals surface area contributed by atoms with Crippen molar-refractivity contribution >= 4 is 32.1 Å². The van der Waals surface area contributed by atoms with Gasteiger partial charge in [0.1, 0.15) is 5.75 Å². The van der Waals surface area contributed by atoms with Gasteiger partial charge in [0, 0.05) is 11.3 Å². The lowest BCUT2D eigenvalue weighted by atomic mass is 10.1. The van der Waals surface area contributed by atoms with E-state index in [0.717, 1.165) is 0 Å². The molecule has 0 amide bonds. The molecule has 0 radical (unpaired) electrons. The summed E-state index contributed by atoms with van der Waals surface area (Å²) in [7, 11) is -1.84. The van der Waals surface area contributed by atoms with Crippen LogP contribution in [0, 0.1) is 0 Å². The smallest absolute Gasteiger partial charge is 0.178 e. The molecule has 0 bridgehead atoms. The van der Waals surface area contributed by atoms with Crippen molar-refractivity contribution in [1.29, 1.82) is 0 Å². The Morgan fingerprint density at radius 2 is 2.05 bits per heavy atom. The Morgan fingerprint density at radius 3 is 2.57 bits per heavy atom. The molecule has 1 N–H and O–H groups in total. The summed E-state index contributed by atoms with van der Waals surface area (Å²) < 4.78 is 30.0. The fourth-order valence-electron chi connectivity index (χ4n) is 1.96. The third-order valence-electron chi connectivity index (χ3n) is 3.09. The van der Waals surface area contributed by atoms with Crippen molar-refractivity contribution in [3.63, 3.8) is 0 Å². The molecule has 1 aromatic carbocycles. The van der Waals surface area contributed by atoms with Crippen LogP contribution in [-0.4, -0.2) is 32.6 Å². The van der Waals surface area contributed by atoms with Gasteiger partial charge in [0.2, 0.25) is 0 Å². The number of hydrogen-bond donors (Lipinski definition) is 1. The van der Waals surface area contributed by atoms with Gasteiger partial charge in [-0.3, -0.25) is 4.79 Å². The van der Waals surface area contributed by atoms with E-state index in [9.17, 15) is 13.2 Å². The van der Waals surface area contributed by atoms with Gasteiger partial charge in [-0.2, -0.15) is 0 Å². The summed E-state index contributed by atoms with van der Waals surface area (Å²) in [5.41, 5.74) is 1.60. The largest absolute Gasteiger partial charge is 0.495 e. The molecule has 7 heteroatoms. The molecular formula is C14H14BrNO4S. The topological polar surface area (TPSA) is 76.2 Å². The van der Waals surface area contributed by atoms with Crippen molar-refractivity contribution in [3.05, 3.63) is 34.4 Å². The molecule has 2 aromatic rings. The Balaban J connectivity index is 2.70. The zero-order valence-corrected chi connectivity index (χ0v) is 13.9. The van der Waals surface area contributed by atoms with Crippen LogP contribution in [-0.2, 0) is 9.84 Å². The lowest BCUT2D eigenvalue weighted by Crippen LogP contribution is -2.04. The number of sulfone groups is 1. The van der Waals surface area contributed by atoms with E-state index in [-0.39, 0.29) is 10.6 Å². The Morgan fingerprint density at radius 1 is 1.33 bits per heavy atom. The molecule has 0 fully saturated rings. The quantitative estimate of drug-likeness (QED) is 0.819. The minimum atomic E-state index is -3.34. The number of aromatic nitrogens is 1. The van der Waals surface area contributed by atoms with Crippen LogP contribution in [0.15, 0.2) is 33.6 Å². The van der Waals surface area contributed by atoms with Gasteiger partial charge >= 0.3 is 0 Å². The summed E-state index contributed by atoms with van der Waals surface area (Å²) >= 11 is 3.33. The van der Waals surface area contributed by atoms with Crippen LogP contribution in [0.1, 0.15) is 17.4 Å². The average Bonchev–Trinajstić information content (AvgIpc) is 2.95. The first kappa shape index (κ1) is 15.8. The maximum absolute atomic E-state index is 12.1. The predicted molar refractivity (Wildman–Crippen MR) is 83.6 cm³/mol. The van der Waals surface area contributed by atoms with E-state index < -0.39 is 9.84 Å². The number of ether oxygens (including phenoxy) is 1. The van der Waals surface area contributed by atoms with E-state index in [0.29, 0.717) is 33.5 Å². The van der Waals surface area contributed by atoms with Gasteiger partial charge in [0.25, 0.3) is 0 Å². The van der Waals surface area contributed by atoms with E-state index in [1.54, 1.807) is 25.1 Å². The molecule has 5 nitrogen and oxygen atoms in total. The van der Waals surface area contributed by atoms with E-state index in [1.807, 2.05) is 0 Å². The van der Waals surface area contributed by atoms with Crippen molar-refractivity contribution in [2.24, 2.45) is 0 Å². The number of aromatic amines is 1. The Labute approximate surface area is 131 Å². The van der Waals surface area contributed by atoms with Gasteiger partial charge < -0.3 is 9.72 Å². The molecule has 21 heavy (non-hydrogen) atoms. The summed E-state index contributed by atoms with van der Waals surface area (Å²) in [5.74, 6) is 0.513. The van der Waals surface area contributed by atoms with Gasteiger partial charge in [-0.25, -0.2) is 8.42 Å². The number of aldehydes is 1. The number of carbonyl (C=O) groups is 1. The first-order valence-electron chi connectivity index (χ1n) is 6.17. The van der Waals surface area contributed by atoms with E-state index in [1.165, 1.54) is 13.2 Å². The van der Waals surface area contributed by atoms with Crippen LogP contribution in [0.2, 0.25) is 0 Å². The van der Waals surface area contributed by atoms with Crippen molar-refractivity contribution < 1.29 is 17.9 Å². The molecular weight excluding hydrogens is 358 g/mol. The van der Waals surface area contributed by atoms with E-state index >= 15 is 0 Å². The van der Waals surface area contributed by atoms with E-state index in [4.69, 9.17) is 4.74 Å². The van der Waals surface area contributed by atoms with Crippen LogP contribution in [0.5, 0.6) is 5.75 Å². The van der Waals surface area contributed by atoms with Crippen LogP contribution >= 0.6 is 15.9 Å². The molecule has 0 unspecified atom stereocenters. The SMILES string of the molecule is CCS(=O)(=O)c1cc(Br)c(OC)c(-c2ccc(C=O)[nH]2)c1. The number of H-pyrrole nitrogens is 1. The minimum Gasteiger partial charge on any atom is -0.495 e. The third-order valence-corrected chi connectivity index (χ3v) is 5.39. The van der Waals surface area contributed by atoms with Crippen LogP contribution in [0.4, 0.5) is 0 Å². The zero-order valence-electron chi connectivity index (χ0n) is 11.5. The highest BCUT2D eigenvalue weighted by atomic mass is 79.9. The van der Waals surface area contributed by atoms with Crippen molar-refractivity contribution in [2.75, 3.05) is 12.9 Å². The zero-order chi connectivity index (χ0) is 15.6. The molecule has 0 aliphatic rings. The standard InChI is InChI=1S/C14H14BrNO4S/c1-3-21(18,19)10-6-11(14(20-2)12(15)7-10)13-5-4-9(8-17)16-13/h4-8,16H,3H2,1-2H3. The van der Waals surface area contributed by atoms with Crippen molar-refractivity contribution in [2.45, 2.75) is 11.8 Å². The number of rotatable bonds is 5. The number of hydrogen-bond acceptors (Lipinski definition) is 4. The van der Waals surface area contributed by atoms with Gasteiger partial charge in [-0.1, -0.05) is 6.92 Å². The molecule has 0 saturated heterocycles. The van der Waals surface area contributed by atoms with Crippen molar-refractivity contribution in [3.8, 4) is 17.0 Å². The maximum atomic E-state index is 12.1. The monoisotopic (exact) mass is 371 g/mol. The lowest BCUT2D eigenvalue weighted by molar-refractivity contribution is 0.111. The molecule has 1 aromatic heterocycles. The number of halogens is 1. The Hall–Kier alpha value is -1.60. The highest BCUT2D eigenvalue weighted by Gasteiger charge is 2.19. The number of nitrogens with one attached hydrogen (secondary N) is 1. The average molecular weight is 372 g/mol. The molecule has 0 aliphatic carbocycles. The highest BCUT2D eigenvalue weighted by molar-refractivity contribution is 9.10. The molecule has 2 rings (SSSR count). The third kappa shape index (κ3) is 3.03. The van der Waals surface area contributed by atoms with Crippen molar-refractivity contribution in [1.82, 2.24) is 4.98 Å². The fraction of sp³-hybridized carbons (Fsp3) is 0.214. The molecule has 1 heterocycles. The maximum Gasteiger partial charge on any atom is 0.178 e. The summed E-state index contributed by atoms with van der Waals surface area (Å²) in [6.07, 6.45) is 0.692. The number of methoxy groups -OCH3 is 1. The second-order valence-electron chi connectivity index (χ2n) is 4.33. The molecule has 0 aliphatic heterocycles. The van der Waals surface area contributed by atoms with Gasteiger partial charge in [0.05, 0.1) is 27.9 Å². The summed E-state index contributed by atoms with van der Waals surface area (Å²) in [6.45, 7) is 1.59. The Kier molecular flexibility index (Phi) is 4.53. The van der Waals surface area contributed by atoms with Crippen LogP contribution in [0.3, 0.4) is 0 Å². The molecule has 0 spiro atoms. The number of carbonyl (C=O) groups excluding carboxylic acids is 1. The first-order chi connectivity index (χ1) is 9.92. The minimum absolute atomic E-state index is 0.00945. The number of benzene rings is 1. The normalized spacial score (nSPS) is 11.4. The second kappa shape index (κ2) is 6.03. The summed E-state index contributed by atoms with van der Waals surface area (Å²) in [5, 5.41) is 0. The summed E-state index contributed by atoms with van der Waals surface area (Å²) in [6, 6.07) is 6.39. The second-order valence-corrected chi connectivity index (χ2v) is 7.47. The van der Waals surface area contributed by atoms with Gasteiger partial charge in [-0.15, -0.1) is 0 Å². The Bertz CT molecular complexity index is 780. The summed E-state index contributed by atoms with van der Waals surface area (Å²) in [4.78, 5) is 13.9. The van der Waals surface area contributed by atoms with Crippen LogP contribution in [0.25, 0.3) is 11.3 Å². The predicted octanol–water partition coefficient (Wildman–Crippen LogP) is 3.06. The van der Waals surface area contributed by atoms with E-state index in [2.05, 4.69) is 20.9 Å². The first-order valence-corrected chi connectivity index (χ1v) is 8.62. The molecule has 0 atom stereocenters. The highest BCUT2D eigenvalue weighted by Crippen LogP contribution is 2.38. The van der Waals surface area contributed by atoms with Crippen LogP contribution < -0.4 is 4.74 Å².